The Morgan fingerprint density at radius 1 is 1.35 bits per heavy atom. The molecule has 0 aromatic carbocycles. The molecule has 1 fully saturated rings. The van der Waals surface area contributed by atoms with Gasteiger partial charge in [0.25, 0.3) is 0 Å². The van der Waals surface area contributed by atoms with Gasteiger partial charge >= 0.3 is 0 Å². The van der Waals surface area contributed by atoms with Crippen molar-refractivity contribution in [1.29, 1.82) is 0 Å². The van der Waals surface area contributed by atoms with Crippen molar-refractivity contribution in [3.63, 3.8) is 0 Å². The van der Waals surface area contributed by atoms with Gasteiger partial charge in [-0.15, -0.1) is 11.3 Å². The number of hydrogen-bond acceptors (Lipinski definition) is 4. The van der Waals surface area contributed by atoms with Gasteiger partial charge in [-0.05, 0) is 19.8 Å². The molecular weight excluding hydrogens is 310 g/mol. The van der Waals surface area contributed by atoms with Crippen LogP contribution in [0.2, 0.25) is 0 Å². The Kier molecular flexibility index (Phi) is 7.32. The van der Waals surface area contributed by atoms with E-state index in [1.54, 1.807) is 18.4 Å². The van der Waals surface area contributed by atoms with Crippen LogP contribution >= 0.6 is 11.3 Å². The van der Waals surface area contributed by atoms with Gasteiger partial charge < -0.3 is 16.0 Å². The molecule has 1 aliphatic rings. The average molecular weight is 337 g/mol. The second-order valence-electron chi connectivity index (χ2n) is 5.84. The lowest BCUT2D eigenvalue weighted by atomic mass is 10.2. The van der Waals surface area contributed by atoms with Crippen molar-refractivity contribution in [2.24, 2.45) is 4.99 Å². The highest BCUT2D eigenvalue weighted by atomic mass is 32.1. The van der Waals surface area contributed by atoms with Crippen LogP contribution in [0.25, 0.3) is 0 Å². The molecule has 1 heterocycles. The van der Waals surface area contributed by atoms with E-state index in [0.717, 1.165) is 36.8 Å². The third-order valence-corrected chi connectivity index (χ3v) is 4.86. The number of aliphatic imine (C=N–C) groups is 1. The summed E-state index contributed by atoms with van der Waals surface area (Å²) in [5.74, 6) is 0.852. The molecule has 0 radical (unpaired) electrons. The molecule has 0 bridgehead atoms. The van der Waals surface area contributed by atoms with Gasteiger partial charge in [0, 0.05) is 50.1 Å². The molecule has 0 spiro atoms. The highest BCUT2D eigenvalue weighted by Gasteiger charge is 2.16. The number of rotatable bonds is 7. The number of guanidine groups is 1. The summed E-state index contributed by atoms with van der Waals surface area (Å²) in [7, 11) is 1.74. The molecule has 1 aromatic rings. The Hall–Kier alpha value is -1.63. The van der Waals surface area contributed by atoms with Crippen molar-refractivity contribution in [1.82, 2.24) is 20.9 Å². The van der Waals surface area contributed by atoms with Crippen LogP contribution in [-0.4, -0.2) is 43.0 Å². The second-order valence-corrected chi connectivity index (χ2v) is 7.16. The zero-order chi connectivity index (χ0) is 16.5. The average Bonchev–Trinajstić information content (AvgIpc) is 3.17. The van der Waals surface area contributed by atoms with Crippen molar-refractivity contribution in [3.05, 3.63) is 16.1 Å². The minimum absolute atomic E-state index is 0.123. The number of nitrogens with zero attached hydrogens (tertiary/aromatic N) is 2. The van der Waals surface area contributed by atoms with Crippen molar-refractivity contribution in [2.75, 3.05) is 20.1 Å². The maximum Gasteiger partial charge on any atom is 0.221 e. The molecule has 128 valence electrons. The molecule has 0 aliphatic heterocycles. The topological polar surface area (TPSA) is 78.4 Å². The fourth-order valence-corrected chi connectivity index (χ4v) is 3.48. The summed E-state index contributed by atoms with van der Waals surface area (Å²) in [4.78, 5) is 21.6. The van der Waals surface area contributed by atoms with Gasteiger partial charge in [-0.25, -0.2) is 4.98 Å². The highest BCUT2D eigenvalue weighted by molar-refractivity contribution is 7.11. The molecule has 1 saturated carbocycles. The number of nitrogens with one attached hydrogen (secondary N) is 3. The minimum atomic E-state index is 0.123. The van der Waals surface area contributed by atoms with Crippen molar-refractivity contribution >= 4 is 23.2 Å². The standard InChI is InChI=1S/C16H27N5OS/c1-12-11-20-15(23-12)8-10-19-16(17-2)18-9-7-14(22)21-13-5-3-4-6-13/h11,13H,3-10H2,1-2H3,(H,21,22)(H2,17,18,19). The van der Waals surface area contributed by atoms with Crippen LogP contribution in [0.15, 0.2) is 11.2 Å². The maximum atomic E-state index is 11.9. The third-order valence-electron chi connectivity index (χ3n) is 3.89. The molecule has 2 rings (SSSR count). The van der Waals surface area contributed by atoms with Crippen molar-refractivity contribution in [2.45, 2.75) is 51.5 Å². The van der Waals surface area contributed by atoms with Gasteiger partial charge in [0.2, 0.25) is 5.91 Å². The molecule has 7 heteroatoms. The van der Waals surface area contributed by atoms with Gasteiger partial charge in [-0.3, -0.25) is 9.79 Å². The first kappa shape index (κ1) is 17.7. The van der Waals surface area contributed by atoms with Crippen LogP contribution < -0.4 is 16.0 Å². The molecule has 23 heavy (non-hydrogen) atoms. The lowest BCUT2D eigenvalue weighted by Gasteiger charge is -2.13. The van der Waals surface area contributed by atoms with Gasteiger partial charge in [0.1, 0.15) is 0 Å². The number of amides is 1. The van der Waals surface area contributed by atoms with Crippen LogP contribution in [0.3, 0.4) is 0 Å². The Morgan fingerprint density at radius 2 is 2.09 bits per heavy atom. The van der Waals surface area contributed by atoms with E-state index in [4.69, 9.17) is 0 Å². The van der Waals surface area contributed by atoms with Crippen LogP contribution in [0.4, 0.5) is 0 Å². The molecule has 1 aromatic heterocycles. The Labute approximate surface area is 142 Å². The maximum absolute atomic E-state index is 11.9. The highest BCUT2D eigenvalue weighted by Crippen LogP contribution is 2.17. The largest absolute Gasteiger partial charge is 0.356 e. The van der Waals surface area contributed by atoms with Crippen LogP contribution in [0.5, 0.6) is 0 Å². The molecular formula is C16H27N5OS. The van der Waals surface area contributed by atoms with E-state index in [9.17, 15) is 4.79 Å². The van der Waals surface area contributed by atoms with Crippen LogP contribution in [-0.2, 0) is 11.2 Å². The predicted molar refractivity (Wildman–Crippen MR) is 94.9 cm³/mol. The third kappa shape index (κ3) is 6.56. The van der Waals surface area contributed by atoms with Crippen molar-refractivity contribution in [3.8, 4) is 0 Å². The molecule has 1 aliphatic carbocycles. The number of carbonyl (C=O) groups excluding carboxylic acids is 1. The quantitative estimate of drug-likeness (QED) is 0.522. The molecule has 0 unspecified atom stereocenters. The molecule has 1 amide bonds. The van der Waals surface area contributed by atoms with E-state index < -0.39 is 0 Å². The fourth-order valence-electron chi connectivity index (χ4n) is 2.69. The Morgan fingerprint density at radius 3 is 2.74 bits per heavy atom. The number of carbonyl (C=O) groups is 1. The van der Waals surface area contributed by atoms with E-state index in [0.29, 0.717) is 19.0 Å². The lowest BCUT2D eigenvalue weighted by Crippen LogP contribution is -2.41. The summed E-state index contributed by atoms with van der Waals surface area (Å²) in [6.45, 7) is 3.43. The minimum Gasteiger partial charge on any atom is -0.356 e. The summed E-state index contributed by atoms with van der Waals surface area (Å²) < 4.78 is 0. The molecule has 3 N–H and O–H groups in total. The van der Waals surface area contributed by atoms with E-state index in [-0.39, 0.29) is 5.91 Å². The first-order valence-electron chi connectivity index (χ1n) is 8.32. The van der Waals surface area contributed by atoms with E-state index in [1.165, 1.54) is 17.7 Å². The van der Waals surface area contributed by atoms with Gasteiger partial charge in [0.15, 0.2) is 5.96 Å². The monoisotopic (exact) mass is 337 g/mol. The van der Waals surface area contributed by atoms with Gasteiger partial charge in [-0.2, -0.15) is 0 Å². The molecule has 0 atom stereocenters. The number of thiazole rings is 1. The number of aromatic nitrogens is 1. The summed E-state index contributed by atoms with van der Waals surface area (Å²) >= 11 is 1.72. The summed E-state index contributed by atoms with van der Waals surface area (Å²) in [6.07, 6.45) is 7.97. The first-order chi connectivity index (χ1) is 11.2. The zero-order valence-electron chi connectivity index (χ0n) is 14.0. The summed E-state index contributed by atoms with van der Waals surface area (Å²) in [5, 5.41) is 10.6. The normalized spacial score (nSPS) is 15.7. The van der Waals surface area contributed by atoms with Gasteiger partial charge in [0.05, 0.1) is 5.01 Å². The smallest absolute Gasteiger partial charge is 0.221 e. The Balaban J connectivity index is 1.58. The van der Waals surface area contributed by atoms with Gasteiger partial charge in [-0.1, -0.05) is 12.8 Å². The summed E-state index contributed by atoms with van der Waals surface area (Å²) in [5.41, 5.74) is 0. The first-order valence-corrected chi connectivity index (χ1v) is 9.14. The zero-order valence-corrected chi connectivity index (χ0v) is 14.8. The van der Waals surface area contributed by atoms with Crippen molar-refractivity contribution < 1.29 is 4.79 Å². The van der Waals surface area contributed by atoms with E-state index in [1.807, 2.05) is 6.20 Å². The number of hydrogen-bond donors (Lipinski definition) is 3. The summed E-state index contributed by atoms with van der Waals surface area (Å²) in [6, 6.07) is 0.390. The van der Waals surface area contributed by atoms with E-state index in [2.05, 4.69) is 32.9 Å². The number of aryl methyl sites for hydroxylation is 1. The lowest BCUT2D eigenvalue weighted by molar-refractivity contribution is -0.121. The second kappa shape index (κ2) is 9.50. The SMILES string of the molecule is CN=C(NCCC(=O)NC1CCCC1)NCCc1ncc(C)s1. The molecule has 6 nitrogen and oxygen atoms in total. The molecule has 0 saturated heterocycles. The predicted octanol–water partition coefficient (Wildman–Crippen LogP) is 1.61. The van der Waals surface area contributed by atoms with E-state index >= 15 is 0 Å². The van der Waals surface area contributed by atoms with Crippen LogP contribution in [0, 0.1) is 6.92 Å². The van der Waals surface area contributed by atoms with Crippen LogP contribution in [0.1, 0.15) is 42.0 Å². The fraction of sp³-hybridized carbons (Fsp3) is 0.688. The Bertz CT molecular complexity index is 522.